The Bertz CT molecular complexity index is 517. The molecule has 1 unspecified atom stereocenters. The maximum absolute atomic E-state index is 12.3. The van der Waals surface area contributed by atoms with Crippen molar-refractivity contribution in [1.82, 2.24) is 10.2 Å². The molecule has 1 heterocycles. The van der Waals surface area contributed by atoms with Gasteiger partial charge in [-0.3, -0.25) is 4.90 Å². The minimum atomic E-state index is -4.20. The fourth-order valence-electron chi connectivity index (χ4n) is 2.79. The molecule has 0 amide bonds. The van der Waals surface area contributed by atoms with E-state index in [1.54, 1.807) is 0 Å². The first-order valence-electron chi connectivity index (χ1n) is 7.58. The molecule has 0 saturated carbocycles. The summed E-state index contributed by atoms with van der Waals surface area (Å²) in [5.41, 5.74) is 3.20. The molecule has 0 spiro atoms. The molecule has 1 atom stereocenters. The van der Waals surface area contributed by atoms with Crippen molar-refractivity contribution < 1.29 is 17.9 Å². The van der Waals surface area contributed by atoms with E-state index in [0.717, 1.165) is 18.5 Å². The van der Waals surface area contributed by atoms with E-state index >= 15 is 0 Å². The summed E-state index contributed by atoms with van der Waals surface area (Å²) in [5.74, 6) is 0.679. The van der Waals surface area contributed by atoms with Crippen molar-refractivity contribution in [2.75, 3.05) is 26.7 Å². The highest BCUT2D eigenvalue weighted by Gasteiger charge is 2.27. The number of halogens is 3. The smallest absolute Gasteiger partial charge is 0.401 e. The summed E-state index contributed by atoms with van der Waals surface area (Å²) in [6, 6.07) is 4.27. The molecule has 1 N–H and O–H groups in total. The van der Waals surface area contributed by atoms with Crippen LogP contribution < -0.4 is 10.1 Å². The van der Waals surface area contributed by atoms with Crippen LogP contribution in [0.15, 0.2) is 12.1 Å². The Labute approximate surface area is 129 Å². The average molecular weight is 316 g/mol. The standard InChI is InChI=1S/C16H23F3N2O/c1-4-22-15-8-14-11(2)21(3)6-5-12(14)7-13(15)9-20-10-16(17,18)19/h7-8,11,20H,4-6,9-10H2,1-3H3. The fraction of sp³-hybridized carbons (Fsp3) is 0.625. The summed E-state index contributed by atoms with van der Waals surface area (Å²) in [4.78, 5) is 2.26. The third kappa shape index (κ3) is 4.14. The van der Waals surface area contributed by atoms with Crippen LogP contribution in [0.1, 0.15) is 36.6 Å². The van der Waals surface area contributed by atoms with Gasteiger partial charge in [-0.15, -0.1) is 0 Å². The minimum Gasteiger partial charge on any atom is -0.494 e. The lowest BCUT2D eigenvalue weighted by Crippen LogP contribution is -2.31. The van der Waals surface area contributed by atoms with Crippen LogP contribution in [-0.2, 0) is 13.0 Å². The quantitative estimate of drug-likeness (QED) is 0.902. The SMILES string of the molecule is CCOc1cc2c(cc1CNCC(F)(F)F)CCN(C)C2C. The van der Waals surface area contributed by atoms with Crippen LogP contribution in [0.3, 0.4) is 0 Å². The van der Waals surface area contributed by atoms with Crippen molar-refractivity contribution >= 4 is 0 Å². The van der Waals surface area contributed by atoms with Gasteiger partial charge in [-0.1, -0.05) is 6.07 Å². The molecule has 0 aliphatic carbocycles. The van der Waals surface area contributed by atoms with E-state index in [9.17, 15) is 13.2 Å². The first kappa shape index (κ1) is 17.1. The highest BCUT2D eigenvalue weighted by Crippen LogP contribution is 2.33. The van der Waals surface area contributed by atoms with Gasteiger partial charge in [0.15, 0.2) is 0 Å². The number of likely N-dealkylation sites (N-methyl/N-ethyl adjacent to an activating group) is 1. The van der Waals surface area contributed by atoms with E-state index in [1.807, 2.05) is 19.1 Å². The normalized spacial score (nSPS) is 19.1. The van der Waals surface area contributed by atoms with Gasteiger partial charge in [0.2, 0.25) is 0 Å². The van der Waals surface area contributed by atoms with E-state index in [-0.39, 0.29) is 6.54 Å². The molecule has 2 rings (SSSR count). The molecule has 6 heteroatoms. The number of nitrogens with one attached hydrogen (secondary N) is 1. The number of benzene rings is 1. The van der Waals surface area contributed by atoms with Crippen LogP contribution in [-0.4, -0.2) is 37.8 Å². The first-order chi connectivity index (χ1) is 10.3. The Hall–Kier alpha value is -1.27. The van der Waals surface area contributed by atoms with Gasteiger partial charge in [-0.25, -0.2) is 0 Å². The molecule has 0 radical (unpaired) electrons. The number of hydrogen-bond acceptors (Lipinski definition) is 3. The predicted octanol–water partition coefficient (Wildman–Crippen LogP) is 3.29. The molecule has 1 aliphatic heterocycles. The van der Waals surface area contributed by atoms with Gasteiger partial charge in [0, 0.05) is 24.7 Å². The lowest BCUT2D eigenvalue weighted by atomic mass is 9.91. The van der Waals surface area contributed by atoms with Crippen molar-refractivity contribution in [3.05, 3.63) is 28.8 Å². The van der Waals surface area contributed by atoms with Gasteiger partial charge in [-0.2, -0.15) is 13.2 Å². The summed E-state index contributed by atoms with van der Waals surface area (Å²) < 4.78 is 42.5. The summed E-state index contributed by atoms with van der Waals surface area (Å²) in [6.07, 6.45) is -3.29. The second-order valence-electron chi connectivity index (χ2n) is 5.72. The van der Waals surface area contributed by atoms with Gasteiger partial charge >= 0.3 is 6.18 Å². The second kappa shape index (κ2) is 6.87. The van der Waals surface area contributed by atoms with Crippen LogP contribution in [0.5, 0.6) is 5.75 Å². The predicted molar refractivity (Wildman–Crippen MR) is 80.1 cm³/mol. The summed E-state index contributed by atoms with van der Waals surface area (Å²) in [7, 11) is 2.08. The van der Waals surface area contributed by atoms with Crippen molar-refractivity contribution in [3.8, 4) is 5.75 Å². The Kier molecular flexibility index (Phi) is 5.34. The molecular formula is C16H23F3N2O. The third-order valence-electron chi connectivity index (χ3n) is 4.11. The van der Waals surface area contributed by atoms with Crippen LogP contribution in [0.25, 0.3) is 0 Å². The monoisotopic (exact) mass is 316 g/mol. The maximum Gasteiger partial charge on any atom is 0.401 e. The number of hydrogen-bond donors (Lipinski definition) is 1. The molecule has 0 saturated heterocycles. The molecule has 0 bridgehead atoms. The second-order valence-corrected chi connectivity index (χ2v) is 5.72. The summed E-state index contributed by atoms with van der Waals surface area (Å²) in [5, 5.41) is 2.45. The largest absolute Gasteiger partial charge is 0.494 e. The minimum absolute atomic E-state index is 0.159. The van der Waals surface area contributed by atoms with Crippen LogP contribution in [0.2, 0.25) is 0 Å². The topological polar surface area (TPSA) is 24.5 Å². The van der Waals surface area contributed by atoms with E-state index in [0.29, 0.717) is 18.4 Å². The molecule has 0 fully saturated rings. The van der Waals surface area contributed by atoms with Gasteiger partial charge in [0.25, 0.3) is 0 Å². The van der Waals surface area contributed by atoms with Crippen molar-refractivity contribution in [1.29, 1.82) is 0 Å². The van der Waals surface area contributed by atoms with E-state index < -0.39 is 12.7 Å². The average Bonchev–Trinajstić information content (AvgIpc) is 2.43. The van der Waals surface area contributed by atoms with Crippen molar-refractivity contribution in [2.45, 2.75) is 39.0 Å². The Morgan fingerprint density at radius 2 is 2.09 bits per heavy atom. The molecule has 1 aromatic carbocycles. The molecule has 0 aromatic heterocycles. The van der Waals surface area contributed by atoms with Crippen LogP contribution in [0, 0.1) is 0 Å². The van der Waals surface area contributed by atoms with Gasteiger partial charge < -0.3 is 10.1 Å². The molecule has 1 aliphatic rings. The molecule has 1 aromatic rings. The molecule has 22 heavy (non-hydrogen) atoms. The zero-order chi connectivity index (χ0) is 16.3. The van der Waals surface area contributed by atoms with Crippen molar-refractivity contribution in [3.63, 3.8) is 0 Å². The zero-order valence-corrected chi connectivity index (χ0v) is 13.3. The fourth-order valence-corrected chi connectivity index (χ4v) is 2.79. The van der Waals surface area contributed by atoms with Crippen LogP contribution in [0.4, 0.5) is 13.2 Å². The van der Waals surface area contributed by atoms with Crippen LogP contribution >= 0.6 is 0 Å². The number of fused-ring (bicyclic) bond motifs is 1. The molecule has 3 nitrogen and oxygen atoms in total. The summed E-state index contributed by atoms with van der Waals surface area (Å²) >= 11 is 0. The Morgan fingerprint density at radius 1 is 1.36 bits per heavy atom. The lowest BCUT2D eigenvalue weighted by Gasteiger charge is -2.33. The van der Waals surface area contributed by atoms with E-state index in [2.05, 4.69) is 24.2 Å². The zero-order valence-electron chi connectivity index (χ0n) is 13.3. The Morgan fingerprint density at radius 3 is 2.73 bits per heavy atom. The maximum atomic E-state index is 12.3. The van der Waals surface area contributed by atoms with Gasteiger partial charge in [0.1, 0.15) is 5.75 Å². The van der Waals surface area contributed by atoms with Gasteiger partial charge in [-0.05, 0) is 44.5 Å². The Balaban J connectivity index is 2.21. The molecule has 124 valence electrons. The highest BCUT2D eigenvalue weighted by atomic mass is 19.4. The van der Waals surface area contributed by atoms with Gasteiger partial charge in [0.05, 0.1) is 13.2 Å². The number of alkyl halides is 3. The van der Waals surface area contributed by atoms with Crippen molar-refractivity contribution in [2.24, 2.45) is 0 Å². The highest BCUT2D eigenvalue weighted by molar-refractivity contribution is 5.45. The lowest BCUT2D eigenvalue weighted by molar-refractivity contribution is -0.125. The summed E-state index contributed by atoms with van der Waals surface area (Å²) in [6.45, 7) is 4.63. The first-order valence-corrected chi connectivity index (χ1v) is 7.58. The van der Waals surface area contributed by atoms with E-state index in [4.69, 9.17) is 4.74 Å². The number of ether oxygens (including phenoxy) is 1. The number of nitrogens with zero attached hydrogens (tertiary/aromatic N) is 1. The van der Waals surface area contributed by atoms with E-state index in [1.165, 1.54) is 11.1 Å². The molecular weight excluding hydrogens is 293 g/mol. The third-order valence-corrected chi connectivity index (χ3v) is 4.11. The number of rotatable bonds is 5.